The zero-order valence-corrected chi connectivity index (χ0v) is 20.4. The summed E-state index contributed by atoms with van der Waals surface area (Å²) in [6, 6.07) is 29.2. The van der Waals surface area contributed by atoms with Gasteiger partial charge in [0.2, 0.25) is 0 Å². The Labute approximate surface area is 215 Å². The molecule has 4 aromatic carbocycles. The van der Waals surface area contributed by atoms with Gasteiger partial charge in [-0.15, -0.1) is 0 Å². The van der Waals surface area contributed by atoms with Crippen LogP contribution in [0.5, 0.6) is 0 Å². The van der Waals surface area contributed by atoms with Crippen molar-refractivity contribution < 1.29 is 23.5 Å². The molecule has 6 heteroatoms. The SMILES string of the molecule is O=C(OC(Cc1ccc2ccccc2c1)OC(=O)N1CCC(c2ccc(F)cc2)CC1)c1ccccc1. The molecule has 1 atom stereocenters. The number of hydrogen-bond acceptors (Lipinski definition) is 4. The lowest BCUT2D eigenvalue weighted by atomic mass is 9.89. The molecule has 5 nitrogen and oxygen atoms in total. The van der Waals surface area contributed by atoms with Crippen molar-refractivity contribution in [2.24, 2.45) is 0 Å². The van der Waals surface area contributed by atoms with E-state index in [1.807, 2.05) is 48.5 Å². The Morgan fingerprint density at radius 3 is 2.22 bits per heavy atom. The molecule has 0 bridgehead atoms. The molecule has 0 saturated carbocycles. The molecule has 0 radical (unpaired) electrons. The monoisotopic (exact) mass is 497 g/mol. The summed E-state index contributed by atoms with van der Waals surface area (Å²) >= 11 is 0. The maximum Gasteiger partial charge on any atom is 0.412 e. The van der Waals surface area contributed by atoms with Gasteiger partial charge in [0.15, 0.2) is 0 Å². The van der Waals surface area contributed by atoms with Crippen LogP contribution in [0, 0.1) is 5.82 Å². The number of carbonyl (C=O) groups is 2. The molecular formula is C31H28FNO4. The predicted molar refractivity (Wildman–Crippen MR) is 140 cm³/mol. The summed E-state index contributed by atoms with van der Waals surface area (Å²) in [7, 11) is 0. The molecule has 1 unspecified atom stereocenters. The van der Waals surface area contributed by atoms with E-state index in [1.165, 1.54) is 12.1 Å². The van der Waals surface area contributed by atoms with Crippen LogP contribution in [0.3, 0.4) is 0 Å². The van der Waals surface area contributed by atoms with E-state index in [0.717, 1.165) is 34.7 Å². The first-order valence-electron chi connectivity index (χ1n) is 12.5. The lowest BCUT2D eigenvalue weighted by molar-refractivity contribution is -0.0802. The summed E-state index contributed by atoms with van der Waals surface area (Å²) in [5.41, 5.74) is 2.36. The first-order chi connectivity index (χ1) is 18.0. The number of ether oxygens (including phenoxy) is 2. The average molecular weight is 498 g/mol. The molecule has 1 fully saturated rings. The van der Waals surface area contributed by atoms with E-state index in [2.05, 4.69) is 0 Å². The highest BCUT2D eigenvalue weighted by molar-refractivity contribution is 5.89. The van der Waals surface area contributed by atoms with Gasteiger partial charge in [0.1, 0.15) is 5.82 Å². The summed E-state index contributed by atoms with van der Waals surface area (Å²) in [5, 5.41) is 2.16. The van der Waals surface area contributed by atoms with Gasteiger partial charge >= 0.3 is 12.1 Å². The standard InChI is InChI=1S/C31H28FNO4/c32-28-14-12-24(13-15-28)25-16-18-33(19-17-25)31(35)37-29(36-30(34)26-7-2-1-3-8-26)21-22-10-11-23-6-4-5-9-27(23)20-22/h1-15,20,25,29H,16-19,21H2. The Bertz CT molecular complexity index is 1370. The fraction of sp³-hybridized carbons (Fsp3) is 0.226. The van der Waals surface area contributed by atoms with E-state index in [4.69, 9.17) is 9.47 Å². The summed E-state index contributed by atoms with van der Waals surface area (Å²) < 4.78 is 24.7. The zero-order valence-electron chi connectivity index (χ0n) is 20.4. The molecule has 1 amide bonds. The predicted octanol–water partition coefficient (Wildman–Crippen LogP) is 6.72. The second-order valence-corrected chi connectivity index (χ2v) is 9.28. The van der Waals surface area contributed by atoms with Crippen LogP contribution in [-0.2, 0) is 15.9 Å². The van der Waals surface area contributed by atoms with Crippen molar-refractivity contribution in [3.63, 3.8) is 0 Å². The van der Waals surface area contributed by atoms with Gasteiger partial charge in [-0.1, -0.05) is 72.8 Å². The molecule has 1 aliphatic rings. The van der Waals surface area contributed by atoms with Crippen LogP contribution in [0.25, 0.3) is 10.8 Å². The number of likely N-dealkylation sites (tertiary alicyclic amines) is 1. The van der Waals surface area contributed by atoms with E-state index in [-0.39, 0.29) is 18.2 Å². The number of carbonyl (C=O) groups excluding carboxylic acids is 2. The topological polar surface area (TPSA) is 55.8 Å². The molecule has 0 aliphatic carbocycles. The molecule has 4 aromatic rings. The van der Waals surface area contributed by atoms with Crippen molar-refractivity contribution in [2.45, 2.75) is 31.5 Å². The van der Waals surface area contributed by atoms with Crippen LogP contribution in [0.1, 0.15) is 40.2 Å². The van der Waals surface area contributed by atoms with Gasteiger partial charge in [-0.25, -0.2) is 14.0 Å². The minimum atomic E-state index is -1.07. The third-order valence-electron chi connectivity index (χ3n) is 6.79. The van der Waals surface area contributed by atoms with Crippen molar-refractivity contribution in [1.82, 2.24) is 4.90 Å². The van der Waals surface area contributed by atoms with E-state index in [9.17, 15) is 14.0 Å². The number of rotatable bonds is 6. The highest BCUT2D eigenvalue weighted by Crippen LogP contribution is 2.29. The van der Waals surface area contributed by atoms with Crippen molar-refractivity contribution in [2.75, 3.05) is 13.1 Å². The third-order valence-corrected chi connectivity index (χ3v) is 6.79. The summed E-state index contributed by atoms with van der Waals surface area (Å²) in [5.74, 6) is -0.546. The Balaban J connectivity index is 1.27. The first kappa shape index (κ1) is 24.5. The van der Waals surface area contributed by atoms with E-state index < -0.39 is 18.4 Å². The van der Waals surface area contributed by atoms with Crippen molar-refractivity contribution >= 4 is 22.8 Å². The van der Waals surface area contributed by atoms with E-state index >= 15 is 0 Å². The number of hydrogen-bond donors (Lipinski definition) is 0. The largest absolute Gasteiger partial charge is 0.421 e. The van der Waals surface area contributed by atoms with Crippen LogP contribution in [-0.4, -0.2) is 36.3 Å². The maximum absolute atomic E-state index is 13.3. The summed E-state index contributed by atoms with van der Waals surface area (Å²) in [6.07, 6.45) is 0.154. The van der Waals surface area contributed by atoms with Crippen molar-refractivity contribution in [3.05, 3.63) is 120 Å². The average Bonchev–Trinajstić information content (AvgIpc) is 2.94. The molecule has 1 aliphatic heterocycles. The second-order valence-electron chi connectivity index (χ2n) is 9.28. The fourth-order valence-electron chi connectivity index (χ4n) is 4.74. The number of benzene rings is 4. The quantitative estimate of drug-likeness (QED) is 0.219. The number of esters is 1. The molecule has 1 saturated heterocycles. The van der Waals surface area contributed by atoms with E-state index in [1.54, 1.807) is 41.3 Å². The summed E-state index contributed by atoms with van der Waals surface area (Å²) in [4.78, 5) is 27.5. The van der Waals surface area contributed by atoms with Gasteiger partial charge in [-0.05, 0) is 64.9 Å². The van der Waals surface area contributed by atoms with Gasteiger partial charge in [-0.3, -0.25) is 0 Å². The van der Waals surface area contributed by atoms with Gasteiger partial charge in [0.25, 0.3) is 6.29 Å². The number of fused-ring (bicyclic) bond motifs is 1. The lowest BCUT2D eigenvalue weighted by Crippen LogP contribution is -2.41. The van der Waals surface area contributed by atoms with Gasteiger partial charge in [0, 0.05) is 19.5 Å². The van der Waals surface area contributed by atoms with Crippen LogP contribution in [0.2, 0.25) is 0 Å². The van der Waals surface area contributed by atoms with Crippen molar-refractivity contribution in [1.29, 1.82) is 0 Å². The highest BCUT2D eigenvalue weighted by atomic mass is 19.1. The Kier molecular flexibility index (Phi) is 7.45. The van der Waals surface area contributed by atoms with Gasteiger partial charge < -0.3 is 14.4 Å². The fourth-order valence-corrected chi connectivity index (χ4v) is 4.74. The molecule has 0 aromatic heterocycles. The lowest BCUT2D eigenvalue weighted by Gasteiger charge is -2.32. The summed E-state index contributed by atoms with van der Waals surface area (Å²) in [6.45, 7) is 1.02. The van der Waals surface area contributed by atoms with Crippen molar-refractivity contribution in [3.8, 4) is 0 Å². The zero-order chi connectivity index (χ0) is 25.6. The second kappa shape index (κ2) is 11.2. The minimum Gasteiger partial charge on any atom is -0.421 e. The Morgan fingerprint density at radius 1 is 0.811 bits per heavy atom. The highest BCUT2D eigenvalue weighted by Gasteiger charge is 2.28. The van der Waals surface area contributed by atoms with Gasteiger partial charge in [0.05, 0.1) is 5.56 Å². The number of halogens is 1. The molecule has 1 heterocycles. The normalized spacial score (nSPS) is 14.8. The van der Waals surface area contributed by atoms with E-state index in [0.29, 0.717) is 18.7 Å². The van der Waals surface area contributed by atoms with Crippen LogP contribution >= 0.6 is 0 Å². The minimum absolute atomic E-state index is 0.237. The molecule has 37 heavy (non-hydrogen) atoms. The van der Waals surface area contributed by atoms with Crippen LogP contribution in [0.15, 0.2) is 97.1 Å². The molecule has 0 N–H and O–H groups in total. The van der Waals surface area contributed by atoms with Crippen LogP contribution < -0.4 is 0 Å². The third kappa shape index (κ3) is 6.15. The molecular weight excluding hydrogens is 469 g/mol. The molecule has 5 rings (SSSR count). The maximum atomic E-state index is 13.3. The van der Waals surface area contributed by atoms with Gasteiger partial charge in [-0.2, -0.15) is 0 Å². The smallest absolute Gasteiger partial charge is 0.412 e. The molecule has 0 spiro atoms. The van der Waals surface area contributed by atoms with Crippen LogP contribution in [0.4, 0.5) is 9.18 Å². The molecule has 188 valence electrons. The number of piperidine rings is 1. The number of amides is 1. The number of nitrogens with zero attached hydrogens (tertiary/aromatic N) is 1. The first-order valence-corrected chi connectivity index (χ1v) is 12.5. The Morgan fingerprint density at radius 2 is 1.49 bits per heavy atom. The Hall–Kier alpha value is -4.19.